The predicted molar refractivity (Wildman–Crippen MR) is 70.7 cm³/mol. The zero-order chi connectivity index (χ0) is 13.8. The molecular formula is C12H19NO4S. The Morgan fingerprint density at radius 3 is 2.28 bits per heavy atom. The van der Waals surface area contributed by atoms with Crippen LogP contribution in [0.3, 0.4) is 0 Å². The first kappa shape index (κ1) is 14.8. The highest BCUT2D eigenvalue weighted by Gasteiger charge is 2.11. The molecule has 1 rings (SSSR count). The molecule has 102 valence electrons. The third-order valence-corrected chi connectivity index (χ3v) is 4.04. The lowest BCUT2D eigenvalue weighted by Gasteiger charge is -2.14. The summed E-state index contributed by atoms with van der Waals surface area (Å²) in [5, 5.41) is 0. The second-order valence-corrected chi connectivity index (χ2v) is 6.11. The Morgan fingerprint density at radius 1 is 1.17 bits per heavy atom. The number of hydrogen-bond donors (Lipinski definition) is 0. The first-order chi connectivity index (χ1) is 8.38. The number of ether oxygens (including phenoxy) is 2. The van der Waals surface area contributed by atoms with Crippen LogP contribution >= 0.6 is 0 Å². The van der Waals surface area contributed by atoms with Gasteiger partial charge < -0.3 is 9.47 Å². The zero-order valence-electron chi connectivity index (χ0n) is 11.1. The summed E-state index contributed by atoms with van der Waals surface area (Å²) in [5.41, 5.74) is 1.00. The topological polar surface area (TPSA) is 55.8 Å². The van der Waals surface area contributed by atoms with E-state index in [2.05, 4.69) is 0 Å². The van der Waals surface area contributed by atoms with Gasteiger partial charge in [-0.25, -0.2) is 12.7 Å². The number of likely N-dealkylation sites (N-methyl/N-ethyl adjacent to an activating group) is 1. The van der Waals surface area contributed by atoms with Crippen molar-refractivity contribution in [3.05, 3.63) is 23.8 Å². The molecule has 0 fully saturated rings. The van der Waals surface area contributed by atoms with Crippen LogP contribution in [0.25, 0.3) is 0 Å². The minimum absolute atomic E-state index is 0.439. The SMILES string of the molecule is COc1ccc(CCN(C)S(C)(=O)=O)cc1OC. The van der Waals surface area contributed by atoms with E-state index in [0.717, 1.165) is 5.56 Å². The smallest absolute Gasteiger partial charge is 0.210 e. The van der Waals surface area contributed by atoms with Crippen molar-refractivity contribution in [2.75, 3.05) is 34.1 Å². The van der Waals surface area contributed by atoms with E-state index in [1.165, 1.54) is 10.6 Å². The molecule has 0 amide bonds. The Balaban J connectivity index is 2.75. The summed E-state index contributed by atoms with van der Waals surface area (Å²) in [6, 6.07) is 5.57. The molecule has 0 aliphatic heterocycles. The van der Waals surface area contributed by atoms with Crippen molar-refractivity contribution >= 4 is 10.0 Å². The van der Waals surface area contributed by atoms with Gasteiger partial charge in [-0.1, -0.05) is 6.07 Å². The summed E-state index contributed by atoms with van der Waals surface area (Å²) in [6.07, 6.45) is 1.82. The highest BCUT2D eigenvalue weighted by molar-refractivity contribution is 7.88. The fraction of sp³-hybridized carbons (Fsp3) is 0.500. The van der Waals surface area contributed by atoms with Crippen LogP contribution in [-0.2, 0) is 16.4 Å². The molecule has 0 radical (unpaired) electrons. The molecule has 1 aromatic rings. The number of sulfonamides is 1. The molecule has 0 aliphatic rings. The zero-order valence-corrected chi connectivity index (χ0v) is 12.0. The molecule has 0 atom stereocenters. The summed E-state index contributed by atoms with van der Waals surface area (Å²) in [5.74, 6) is 1.31. The van der Waals surface area contributed by atoms with Crippen LogP contribution in [0.15, 0.2) is 18.2 Å². The van der Waals surface area contributed by atoms with Gasteiger partial charge in [-0.05, 0) is 24.1 Å². The van der Waals surface area contributed by atoms with E-state index >= 15 is 0 Å². The van der Waals surface area contributed by atoms with Crippen molar-refractivity contribution in [2.24, 2.45) is 0 Å². The van der Waals surface area contributed by atoms with Crippen molar-refractivity contribution in [3.8, 4) is 11.5 Å². The molecule has 0 saturated heterocycles. The Kier molecular flexibility index (Phi) is 4.98. The first-order valence-corrected chi connectivity index (χ1v) is 7.35. The molecule has 0 spiro atoms. The van der Waals surface area contributed by atoms with Gasteiger partial charge in [0.2, 0.25) is 10.0 Å². The van der Waals surface area contributed by atoms with E-state index in [-0.39, 0.29) is 0 Å². The molecule has 0 aromatic heterocycles. The van der Waals surface area contributed by atoms with Gasteiger partial charge in [0.15, 0.2) is 11.5 Å². The van der Waals surface area contributed by atoms with Gasteiger partial charge in [-0.3, -0.25) is 0 Å². The summed E-state index contributed by atoms with van der Waals surface area (Å²) in [7, 11) is 1.59. The van der Waals surface area contributed by atoms with Gasteiger partial charge >= 0.3 is 0 Å². The van der Waals surface area contributed by atoms with Gasteiger partial charge in [-0.15, -0.1) is 0 Å². The fourth-order valence-corrected chi connectivity index (χ4v) is 1.91. The fourth-order valence-electron chi connectivity index (χ4n) is 1.49. The van der Waals surface area contributed by atoms with Crippen LogP contribution in [0.4, 0.5) is 0 Å². The maximum absolute atomic E-state index is 11.3. The first-order valence-electron chi connectivity index (χ1n) is 5.50. The van der Waals surface area contributed by atoms with Crippen molar-refractivity contribution in [2.45, 2.75) is 6.42 Å². The van der Waals surface area contributed by atoms with E-state index in [0.29, 0.717) is 24.5 Å². The molecule has 1 aromatic carbocycles. The van der Waals surface area contributed by atoms with Gasteiger partial charge in [-0.2, -0.15) is 0 Å². The number of nitrogens with zero attached hydrogens (tertiary/aromatic N) is 1. The third-order valence-electron chi connectivity index (χ3n) is 2.73. The Labute approximate surface area is 108 Å². The highest BCUT2D eigenvalue weighted by atomic mass is 32.2. The Bertz CT molecular complexity index is 499. The van der Waals surface area contributed by atoms with Crippen LogP contribution < -0.4 is 9.47 Å². The van der Waals surface area contributed by atoms with Crippen LogP contribution in [0, 0.1) is 0 Å². The standard InChI is InChI=1S/C12H19NO4S/c1-13(18(4,14)15)8-7-10-5-6-11(16-2)12(9-10)17-3/h5-6,9H,7-8H2,1-4H3. The molecule has 5 nitrogen and oxygen atoms in total. The van der Waals surface area contributed by atoms with Crippen molar-refractivity contribution in [1.29, 1.82) is 0 Å². The van der Waals surface area contributed by atoms with Crippen molar-refractivity contribution < 1.29 is 17.9 Å². The molecule has 6 heteroatoms. The molecule has 0 heterocycles. The second-order valence-electron chi connectivity index (χ2n) is 4.02. The van der Waals surface area contributed by atoms with Gasteiger partial charge in [0.05, 0.1) is 20.5 Å². The molecular weight excluding hydrogens is 254 g/mol. The lowest BCUT2D eigenvalue weighted by molar-refractivity contribution is 0.354. The van der Waals surface area contributed by atoms with Crippen LogP contribution in [0.5, 0.6) is 11.5 Å². The van der Waals surface area contributed by atoms with Gasteiger partial charge in [0.1, 0.15) is 0 Å². The second kappa shape index (κ2) is 6.06. The molecule has 0 N–H and O–H groups in total. The summed E-state index contributed by atoms with van der Waals surface area (Å²) in [6.45, 7) is 0.439. The molecule has 0 unspecified atom stereocenters. The largest absolute Gasteiger partial charge is 0.493 e. The number of methoxy groups -OCH3 is 2. The van der Waals surface area contributed by atoms with Crippen molar-refractivity contribution in [3.63, 3.8) is 0 Å². The Morgan fingerprint density at radius 2 is 1.78 bits per heavy atom. The molecule has 0 bridgehead atoms. The van der Waals surface area contributed by atoms with E-state index in [4.69, 9.17) is 9.47 Å². The minimum atomic E-state index is -3.12. The minimum Gasteiger partial charge on any atom is -0.493 e. The number of hydrogen-bond acceptors (Lipinski definition) is 4. The maximum Gasteiger partial charge on any atom is 0.210 e. The van der Waals surface area contributed by atoms with Crippen LogP contribution in [0.2, 0.25) is 0 Å². The Hall–Kier alpha value is -1.27. The van der Waals surface area contributed by atoms with Crippen LogP contribution in [0.1, 0.15) is 5.56 Å². The lowest BCUT2D eigenvalue weighted by Crippen LogP contribution is -2.27. The molecule has 0 saturated carbocycles. The number of rotatable bonds is 6. The lowest BCUT2D eigenvalue weighted by atomic mass is 10.1. The summed E-state index contributed by atoms with van der Waals surface area (Å²) < 4.78 is 34.2. The number of benzene rings is 1. The normalized spacial score (nSPS) is 11.6. The van der Waals surface area contributed by atoms with E-state index in [1.54, 1.807) is 21.3 Å². The quantitative estimate of drug-likeness (QED) is 0.780. The van der Waals surface area contributed by atoms with E-state index < -0.39 is 10.0 Å². The molecule has 18 heavy (non-hydrogen) atoms. The average molecular weight is 273 g/mol. The van der Waals surface area contributed by atoms with Gasteiger partial charge in [0, 0.05) is 13.6 Å². The monoisotopic (exact) mass is 273 g/mol. The summed E-state index contributed by atoms with van der Waals surface area (Å²) >= 11 is 0. The van der Waals surface area contributed by atoms with E-state index in [9.17, 15) is 8.42 Å². The highest BCUT2D eigenvalue weighted by Crippen LogP contribution is 2.27. The van der Waals surface area contributed by atoms with Gasteiger partial charge in [0.25, 0.3) is 0 Å². The average Bonchev–Trinajstić information content (AvgIpc) is 2.34. The maximum atomic E-state index is 11.3. The third kappa shape index (κ3) is 3.89. The van der Waals surface area contributed by atoms with E-state index in [1.807, 2.05) is 18.2 Å². The predicted octanol–water partition coefficient (Wildman–Crippen LogP) is 1.14. The molecule has 0 aliphatic carbocycles. The summed E-state index contributed by atoms with van der Waals surface area (Å²) in [4.78, 5) is 0. The van der Waals surface area contributed by atoms with Crippen LogP contribution in [-0.4, -0.2) is 46.8 Å². The van der Waals surface area contributed by atoms with Crippen molar-refractivity contribution in [1.82, 2.24) is 4.31 Å².